The van der Waals surface area contributed by atoms with Crippen LogP contribution in [0.1, 0.15) is 43.7 Å². The van der Waals surface area contributed by atoms with E-state index in [4.69, 9.17) is 0 Å². The van der Waals surface area contributed by atoms with Gasteiger partial charge in [-0.15, -0.1) is 0 Å². The van der Waals surface area contributed by atoms with Crippen LogP contribution in [0.2, 0.25) is 0 Å². The Morgan fingerprint density at radius 1 is 1.24 bits per heavy atom. The standard InChI is InChI=1S/C16H23Br/c1-12-6-8-15(9-7-12)16(17)11-14-5-3-4-13(2)10-14/h3-5,10,12,15-16H,6-9,11H2,1-2H3. The average Bonchev–Trinajstić information content (AvgIpc) is 2.29. The van der Waals surface area contributed by atoms with Gasteiger partial charge < -0.3 is 0 Å². The second-order valence-corrected chi connectivity index (χ2v) is 6.91. The van der Waals surface area contributed by atoms with E-state index in [1.54, 1.807) is 0 Å². The van der Waals surface area contributed by atoms with Gasteiger partial charge in [0.1, 0.15) is 0 Å². The zero-order chi connectivity index (χ0) is 12.3. The Morgan fingerprint density at radius 2 is 1.94 bits per heavy atom. The minimum Gasteiger partial charge on any atom is -0.0884 e. The highest BCUT2D eigenvalue weighted by Gasteiger charge is 2.24. The maximum atomic E-state index is 3.92. The van der Waals surface area contributed by atoms with Crippen molar-refractivity contribution in [2.75, 3.05) is 0 Å². The monoisotopic (exact) mass is 294 g/mol. The molecule has 1 aromatic rings. The third kappa shape index (κ3) is 3.84. The Labute approximate surface area is 114 Å². The highest BCUT2D eigenvalue weighted by molar-refractivity contribution is 9.09. The molecule has 0 aliphatic heterocycles. The Kier molecular flexibility index (Phi) is 4.67. The molecule has 1 unspecified atom stereocenters. The number of halogens is 1. The lowest BCUT2D eigenvalue weighted by atomic mass is 9.80. The summed E-state index contributed by atoms with van der Waals surface area (Å²) >= 11 is 3.92. The van der Waals surface area contributed by atoms with Gasteiger partial charge in [-0.25, -0.2) is 0 Å². The van der Waals surface area contributed by atoms with Crippen molar-refractivity contribution < 1.29 is 0 Å². The van der Waals surface area contributed by atoms with E-state index in [0.29, 0.717) is 4.83 Å². The van der Waals surface area contributed by atoms with Crippen LogP contribution in [-0.2, 0) is 6.42 Å². The Balaban J connectivity index is 1.90. The molecule has 0 spiro atoms. The molecule has 1 aliphatic rings. The van der Waals surface area contributed by atoms with E-state index in [1.807, 2.05) is 0 Å². The summed E-state index contributed by atoms with van der Waals surface area (Å²) in [6.45, 7) is 4.56. The summed E-state index contributed by atoms with van der Waals surface area (Å²) in [6, 6.07) is 8.93. The SMILES string of the molecule is Cc1cccc(CC(Br)C2CCC(C)CC2)c1. The third-order valence-corrected chi connectivity index (χ3v) is 5.16. The fourth-order valence-corrected chi connectivity index (χ4v) is 3.78. The normalized spacial score (nSPS) is 26.8. The zero-order valence-corrected chi connectivity index (χ0v) is 12.5. The minimum atomic E-state index is 0.664. The van der Waals surface area contributed by atoms with Crippen LogP contribution in [0.25, 0.3) is 0 Å². The van der Waals surface area contributed by atoms with Crippen molar-refractivity contribution in [2.45, 2.75) is 50.8 Å². The molecule has 1 saturated carbocycles. The number of alkyl halides is 1. The first-order chi connectivity index (χ1) is 8.15. The second kappa shape index (κ2) is 6.04. The zero-order valence-electron chi connectivity index (χ0n) is 11.0. The minimum absolute atomic E-state index is 0.664. The quantitative estimate of drug-likeness (QED) is 0.678. The van der Waals surface area contributed by atoms with Gasteiger partial charge in [0.15, 0.2) is 0 Å². The summed E-state index contributed by atoms with van der Waals surface area (Å²) < 4.78 is 0. The Morgan fingerprint density at radius 3 is 2.59 bits per heavy atom. The second-order valence-electron chi connectivity index (χ2n) is 5.73. The van der Waals surface area contributed by atoms with Crippen LogP contribution in [0.5, 0.6) is 0 Å². The van der Waals surface area contributed by atoms with Gasteiger partial charge in [0.2, 0.25) is 0 Å². The fraction of sp³-hybridized carbons (Fsp3) is 0.625. The molecule has 1 atom stereocenters. The van der Waals surface area contributed by atoms with Gasteiger partial charge in [-0.3, -0.25) is 0 Å². The van der Waals surface area contributed by atoms with E-state index < -0.39 is 0 Å². The van der Waals surface area contributed by atoms with Crippen LogP contribution in [0.4, 0.5) is 0 Å². The predicted molar refractivity (Wildman–Crippen MR) is 78.7 cm³/mol. The number of aryl methyl sites for hydroxylation is 1. The van der Waals surface area contributed by atoms with Gasteiger partial charge in [-0.2, -0.15) is 0 Å². The van der Waals surface area contributed by atoms with Crippen molar-refractivity contribution in [1.82, 2.24) is 0 Å². The molecule has 1 aliphatic carbocycles. The van der Waals surface area contributed by atoms with E-state index >= 15 is 0 Å². The molecule has 0 N–H and O–H groups in total. The molecule has 0 bridgehead atoms. The van der Waals surface area contributed by atoms with Gasteiger partial charge in [-0.1, -0.05) is 65.5 Å². The molecular weight excluding hydrogens is 272 g/mol. The van der Waals surface area contributed by atoms with Crippen molar-refractivity contribution in [3.8, 4) is 0 Å². The largest absolute Gasteiger partial charge is 0.0884 e. The first-order valence-electron chi connectivity index (χ1n) is 6.85. The van der Waals surface area contributed by atoms with Crippen LogP contribution in [0, 0.1) is 18.8 Å². The first kappa shape index (κ1) is 13.1. The topological polar surface area (TPSA) is 0 Å². The van der Waals surface area contributed by atoms with Crippen molar-refractivity contribution in [1.29, 1.82) is 0 Å². The van der Waals surface area contributed by atoms with E-state index in [0.717, 1.165) is 11.8 Å². The number of hydrogen-bond donors (Lipinski definition) is 0. The molecule has 1 heteroatoms. The molecule has 0 heterocycles. The third-order valence-electron chi connectivity index (χ3n) is 4.09. The molecule has 0 radical (unpaired) electrons. The summed E-state index contributed by atoms with van der Waals surface area (Å²) in [4.78, 5) is 0.664. The molecule has 1 fully saturated rings. The predicted octanol–water partition coefficient (Wildman–Crippen LogP) is 5.13. The molecule has 94 valence electrons. The number of benzene rings is 1. The average molecular weight is 295 g/mol. The van der Waals surface area contributed by atoms with Crippen molar-refractivity contribution >= 4 is 15.9 Å². The van der Waals surface area contributed by atoms with Crippen LogP contribution in [-0.4, -0.2) is 4.83 Å². The summed E-state index contributed by atoms with van der Waals surface area (Å²) in [5, 5.41) is 0. The van der Waals surface area contributed by atoms with Crippen LogP contribution in [0.15, 0.2) is 24.3 Å². The van der Waals surface area contributed by atoms with E-state index in [9.17, 15) is 0 Å². The van der Waals surface area contributed by atoms with Crippen molar-refractivity contribution in [3.05, 3.63) is 35.4 Å². The van der Waals surface area contributed by atoms with Gasteiger partial charge >= 0.3 is 0 Å². The lowest BCUT2D eigenvalue weighted by Crippen LogP contribution is -2.22. The maximum Gasteiger partial charge on any atom is 0.0214 e. The summed E-state index contributed by atoms with van der Waals surface area (Å²) in [7, 11) is 0. The molecule has 0 amide bonds. The van der Waals surface area contributed by atoms with Crippen molar-refractivity contribution in [2.24, 2.45) is 11.8 Å². The summed E-state index contributed by atoms with van der Waals surface area (Å²) in [5.74, 6) is 1.83. The van der Waals surface area contributed by atoms with E-state index in [1.165, 1.54) is 43.2 Å². The smallest absolute Gasteiger partial charge is 0.0214 e. The van der Waals surface area contributed by atoms with Crippen LogP contribution >= 0.6 is 15.9 Å². The van der Waals surface area contributed by atoms with E-state index in [-0.39, 0.29) is 0 Å². The molecule has 2 rings (SSSR count). The van der Waals surface area contributed by atoms with Gasteiger partial charge in [0.05, 0.1) is 0 Å². The molecule has 1 aromatic carbocycles. The van der Waals surface area contributed by atoms with Gasteiger partial charge in [0, 0.05) is 4.83 Å². The molecular formula is C16H23Br. The van der Waals surface area contributed by atoms with Crippen molar-refractivity contribution in [3.63, 3.8) is 0 Å². The molecule has 17 heavy (non-hydrogen) atoms. The first-order valence-corrected chi connectivity index (χ1v) is 7.76. The maximum absolute atomic E-state index is 3.92. The van der Waals surface area contributed by atoms with E-state index in [2.05, 4.69) is 54.0 Å². The fourth-order valence-electron chi connectivity index (χ4n) is 2.88. The Bertz CT molecular complexity index is 350. The van der Waals surface area contributed by atoms with Gasteiger partial charge in [-0.05, 0) is 43.6 Å². The molecule has 0 nitrogen and oxygen atoms in total. The number of rotatable bonds is 3. The molecule has 0 aromatic heterocycles. The van der Waals surface area contributed by atoms with Crippen LogP contribution in [0.3, 0.4) is 0 Å². The van der Waals surface area contributed by atoms with Gasteiger partial charge in [0.25, 0.3) is 0 Å². The summed E-state index contributed by atoms with van der Waals surface area (Å²) in [6.07, 6.45) is 6.83. The Hall–Kier alpha value is -0.300. The lowest BCUT2D eigenvalue weighted by molar-refractivity contribution is 0.285. The van der Waals surface area contributed by atoms with Crippen LogP contribution < -0.4 is 0 Å². The highest BCUT2D eigenvalue weighted by atomic mass is 79.9. The summed E-state index contributed by atoms with van der Waals surface area (Å²) in [5.41, 5.74) is 2.85. The number of hydrogen-bond acceptors (Lipinski definition) is 0. The molecule has 0 saturated heterocycles. The lowest BCUT2D eigenvalue weighted by Gasteiger charge is -2.29. The highest BCUT2D eigenvalue weighted by Crippen LogP contribution is 2.34.